The second-order valence-electron chi connectivity index (χ2n) is 4.99. The number of aryl methyl sites for hydroxylation is 1. The zero-order valence-electron chi connectivity index (χ0n) is 12.1. The third-order valence-corrected chi connectivity index (χ3v) is 4.23. The maximum atomic E-state index is 10.9. The van der Waals surface area contributed by atoms with Crippen LogP contribution in [0.2, 0.25) is 0 Å². The molecule has 0 aliphatic rings. The van der Waals surface area contributed by atoms with Crippen molar-refractivity contribution in [3.05, 3.63) is 63.6 Å². The highest BCUT2D eigenvalue weighted by molar-refractivity contribution is 9.10. The molecule has 2 rings (SSSR count). The van der Waals surface area contributed by atoms with Gasteiger partial charge < -0.3 is 10.0 Å². The zero-order chi connectivity index (χ0) is 15.4. The van der Waals surface area contributed by atoms with Gasteiger partial charge in [0.05, 0.1) is 5.56 Å². The van der Waals surface area contributed by atoms with Gasteiger partial charge >= 0.3 is 5.97 Å². The topological polar surface area (TPSA) is 40.5 Å². The average molecular weight is 348 g/mol. The van der Waals surface area contributed by atoms with Crippen molar-refractivity contribution in [1.29, 1.82) is 0 Å². The van der Waals surface area contributed by atoms with E-state index in [0.717, 1.165) is 22.1 Å². The molecule has 2 aromatic rings. The van der Waals surface area contributed by atoms with Crippen molar-refractivity contribution in [2.45, 2.75) is 19.9 Å². The van der Waals surface area contributed by atoms with Gasteiger partial charge in [-0.1, -0.05) is 41.1 Å². The number of carboxylic acids is 1. The quantitative estimate of drug-likeness (QED) is 0.874. The second kappa shape index (κ2) is 6.76. The molecule has 0 saturated carbocycles. The van der Waals surface area contributed by atoms with Gasteiger partial charge in [-0.25, -0.2) is 4.79 Å². The van der Waals surface area contributed by atoms with Crippen LogP contribution in [0, 0.1) is 0 Å². The standard InChI is InChI=1S/C17H18BrNO2/c1-3-12-4-8-15(9-5-12)19(2)11-14-7-6-13(17(20)21)10-16(14)18/h4-10H,3,11H2,1-2H3,(H,20,21). The van der Waals surface area contributed by atoms with Gasteiger partial charge in [0.15, 0.2) is 0 Å². The lowest BCUT2D eigenvalue weighted by molar-refractivity contribution is 0.0697. The predicted octanol–water partition coefficient (Wildman–Crippen LogP) is 4.35. The first kappa shape index (κ1) is 15.6. The lowest BCUT2D eigenvalue weighted by Gasteiger charge is -2.20. The Hall–Kier alpha value is -1.81. The largest absolute Gasteiger partial charge is 0.478 e. The molecule has 0 amide bonds. The average Bonchev–Trinajstić information content (AvgIpc) is 2.49. The zero-order valence-corrected chi connectivity index (χ0v) is 13.7. The van der Waals surface area contributed by atoms with E-state index in [1.54, 1.807) is 12.1 Å². The number of carboxylic acid groups (broad SMARTS) is 1. The van der Waals surface area contributed by atoms with Gasteiger partial charge in [-0.2, -0.15) is 0 Å². The van der Waals surface area contributed by atoms with E-state index < -0.39 is 5.97 Å². The summed E-state index contributed by atoms with van der Waals surface area (Å²) in [4.78, 5) is 13.1. The Morgan fingerprint density at radius 2 is 1.86 bits per heavy atom. The lowest BCUT2D eigenvalue weighted by Crippen LogP contribution is -2.16. The van der Waals surface area contributed by atoms with Crippen LogP contribution >= 0.6 is 15.9 Å². The van der Waals surface area contributed by atoms with Crippen LogP contribution in [0.4, 0.5) is 5.69 Å². The first-order valence-electron chi connectivity index (χ1n) is 6.83. The Labute approximate surface area is 133 Å². The molecule has 0 fully saturated rings. The Morgan fingerprint density at radius 1 is 1.19 bits per heavy atom. The maximum absolute atomic E-state index is 10.9. The summed E-state index contributed by atoms with van der Waals surface area (Å²) >= 11 is 3.45. The summed E-state index contributed by atoms with van der Waals surface area (Å²) < 4.78 is 0.819. The van der Waals surface area contributed by atoms with E-state index in [1.165, 1.54) is 5.56 Å². The Balaban J connectivity index is 2.14. The van der Waals surface area contributed by atoms with E-state index in [0.29, 0.717) is 12.1 Å². The molecule has 0 bridgehead atoms. The Kier molecular flexibility index (Phi) is 5.02. The Morgan fingerprint density at radius 3 is 2.38 bits per heavy atom. The van der Waals surface area contributed by atoms with Gasteiger partial charge in [0.1, 0.15) is 0 Å². The molecule has 1 N–H and O–H groups in total. The minimum absolute atomic E-state index is 0.292. The number of hydrogen-bond acceptors (Lipinski definition) is 2. The van der Waals surface area contributed by atoms with E-state index in [4.69, 9.17) is 5.11 Å². The number of hydrogen-bond donors (Lipinski definition) is 1. The van der Waals surface area contributed by atoms with Crippen molar-refractivity contribution in [2.75, 3.05) is 11.9 Å². The van der Waals surface area contributed by atoms with Crippen molar-refractivity contribution in [3.63, 3.8) is 0 Å². The molecule has 0 atom stereocenters. The maximum Gasteiger partial charge on any atom is 0.335 e. The van der Waals surface area contributed by atoms with Crippen molar-refractivity contribution in [2.24, 2.45) is 0 Å². The normalized spacial score (nSPS) is 10.4. The highest BCUT2D eigenvalue weighted by atomic mass is 79.9. The second-order valence-corrected chi connectivity index (χ2v) is 5.84. The van der Waals surface area contributed by atoms with Crippen LogP contribution in [0.5, 0.6) is 0 Å². The van der Waals surface area contributed by atoms with Gasteiger partial charge in [-0.05, 0) is 41.8 Å². The third-order valence-electron chi connectivity index (χ3n) is 3.49. The molecule has 0 unspecified atom stereocenters. The van der Waals surface area contributed by atoms with Crippen molar-refractivity contribution in [1.82, 2.24) is 0 Å². The first-order chi connectivity index (χ1) is 10.0. The molecule has 0 saturated heterocycles. The number of nitrogens with zero attached hydrogens (tertiary/aromatic N) is 1. The SMILES string of the molecule is CCc1ccc(N(C)Cc2ccc(C(=O)O)cc2Br)cc1. The van der Waals surface area contributed by atoms with Gasteiger partial charge in [0.2, 0.25) is 0 Å². The molecule has 4 heteroatoms. The molecule has 2 aromatic carbocycles. The monoisotopic (exact) mass is 347 g/mol. The van der Waals surface area contributed by atoms with E-state index >= 15 is 0 Å². The smallest absolute Gasteiger partial charge is 0.335 e. The number of halogens is 1. The summed E-state index contributed by atoms with van der Waals surface area (Å²) in [5.74, 6) is -0.911. The van der Waals surface area contributed by atoms with E-state index in [2.05, 4.69) is 52.0 Å². The van der Waals surface area contributed by atoms with E-state index in [-0.39, 0.29) is 0 Å². The molecule has 0 heterocycles. The van der Waals surface area contributed by atoms with Crippen LogP contribution in [0.25, 0.3) is 0 Å². The summed E-state index contributed by atoms with van der Waals surface area (Å²) in [5.41, 5.74) is 3.81. The minimum Gasteiger partial charge on any atom is -0.478 e. The van der Waals surface area contributed by atoms with E-state index in [9.17, 15) is 4.79 Å². The van der Waals surface area contributed by atoms with E-state index in [1.807, 2.05) is 13.1 Å². The number of anilines is 1. The van der Waals surface area contributed by atoms with Crippen LogP contribution < -0.4 is 4.90 Å². The Bertz CT molecular complexity index is 638. The van der Waals surface area contributed by atoms with Crippen LogP contribution in [0.3, 0.4) is 0 Å². The van der Waals surface area contributed by atoms with Crippen molar-refractivity contribution < 1.29 is 9.90 Å². The summed E-state index contributed by atoms with van der Waals surface area (Å²) in [7, 11) is 2.03. The van der Waals surface area contributed by atoms with Crippen LogP contribution in [0.1, 0.15) is 28.4 Å². The number of benzene rings is 2. The van der Waals surface area contributed by atoms with Crippen LogP contribution in [-0.4, -0.2) is 18.1 Å². The van der Waals surface area contributed by atoms with Gasteiger partial charge in [-0.15, -0.1) is 0 Å². The van der Waals surface area contributed by atoms with Crippen molar-refractivity contribution >= 4 is 27.6 Å². The number of aromatic carboxylic acids is 1. The molecule has 0 spiro atoms. The predicted molar refractivity (Wildman–Crippen MR) is 89.0 cm³/mol. The first-order valence-corrected chi connectivity index (χ1v) is 7.62. The molecule has 110 valence electrons. The fraction of sp³-hybridized carbons (Fsp3) is 0.235. The van der Waals surface area contributed by atoms with Gasteiger partial charge in [0, 0.05) is 23.8 Å². The third kappa shape index (κ3) is 3.85. The van der Waals surface area contributed by atoms with Crippen LogP contribution in [0.15, 0.2) is 46.9 Å². The van der Waals surface area contributed by atoms with Gasteiger partial charge in [0.25, 0.3) is 0 Å². The number of rotatable bonds is 5. The summed E-state index contributed by atoms with van der Waals surface area (Å²) in [6.07, 6.45) is 1.03. The number of carbonyl (C=O) groups is 1. The lowest BCUT2D eigenvalue weighted by atomic mass is 10.1. The highest BCUT2D eigenvalue weighted by Crippen LogP contribution is 2.23. The fourth-order valence-electron chi connectivity index (χ4n) is 2.14. The minimum atomic E-state index is -0.911. The summed E-state index contributed by atoms with van der Waals surface area (Å²) in [6, 6.07) is 13.6. The summed E-state index contributed by atoms with van der Waals surface area (Å²) in [5, 5.41) is 8.98. The molecular weight excluding hydrogens is 330 g/mol. The molecule has 0 aliphatic carbocycles. The molecule has 3 nitrogen and oxygen atoms in total. The molecule has 0 aromatic heterocycles. The molecular formula is C17H18BrNO2. The van der Waals surface area contributed by atoms with Crippen LogP contribution in [-0.2, 0) is 13.0 Å². The molecule has 0 aliphatic heterocycles. The fourth-order valence-corrected chi connectivity index (χ4v) is 2.65. The summed E-state index contributed by atoms with van der Waals surface area (Å²) in [6.45, 7) is 2.85. The molecule has 0 radical (unpaired) electrons. The highest BCUT2D eigenvalue weighted by Gasteiger charge is 2.09. The van der Waals surface area contributed by atoms with Crippen molar-refractivity contribution in [3.8, 4) is 0 Å². The molecule has 21 heavy (non-hydrogen) atoms. The van der Waals surface area contributed by atoms with Gasteiger partial charge in [-0.3, -0.25) is 0 Å².